The third-order valence-electron chi connectivity index (χ3n) is 6.99. The number of hydrogen-bond donors (Lipinski definition) is 2. The number of hydrogen-bond acceptors (Lipinski definition) is 6. The van der Waals surface area contributed by atoms with E-state index < -0.39 is 11.5 Å². The summed E-state index contributed by atoms with van der Waals surface area (Å²) < 4.78 is 13.9. The fourth-order valence-electron chi connectivity index (χ4n) is 5.26. The highest BCUT2D eigenvalue weighted by molar-refractivity contribution is 6.47. The second-order valence-corrected chi connectivity index (χ2v) is 10.0. The van der Waals surface area contributed by atoms with Gasteiger partial charge in [0.2, 0.25) is 0 Å². The second-order valence-electron chi connectivity index (χ2n) is 9.62. The van der Waals surface area contributed by atoms with E-state index in [9.17, 15) is 14.0 Å². The number of amides is 2. The van der Waals surface area contributed by atoms with Crippen LogP contribution in [-0.4, -0.2) is 48.7 Å². The van der Waals surface area contributed by atoms with Gasteiger partial charge in [0.15, 0.2) is 5.82 Å². The first-order chi connectivity index (χ1) is 18.3. The number of aromatic nitrogens is 4. The molecule has 0 saturated heterocycles. The van der Waals surface area contributed by atoms with E-state index in [1.54, 1.807) is 18.2 Å². The average molecular weight is 536 g/mol. The Labute approximate surface area is 224 Å². The molecule has 0 bridgehead atoms. The van der Waals surface area contributed by atoms with Crippen LogP contribution in [0.25, 0.3) is 0 Å². The lowest BCUT2D eigenvalue weighted by atomic mass is 9.85. The van der Waals surface area contributed by atoms with Crippen molar-refractivity contribution in [3.63, 3.8) is 0 Å². The second kappa shape index (κ2) is 10.4. The van der Waals surface area contributed by atoms with E-state index in [2.05, 4.69) is 45.0 Å². The number of nitrogens with one attached hydrogen (secondary N) is 2. The van der Waals surface area contributed by atoms with E-state index in [-0.39, 0.29) is 41.1 Å². The molecule has 2 amide bonds. The number of aromatic amines is 1. The number of tetrazole rings is 1. The average Bonchev–Trinajstić information content (AvgIpc) is 3.52. The number of rotatable bonds is 7. The highest BCUT2D eigenvalue weighted by atomic mass is 35.5. The summed E-state index contributed by atoms with van der Waals surface area (Å²) in [6, 6.07) is 11.2. The number of benzene rings is 2. The number of halogens is 2. The van der Waals surface area contributed by atoms with Crippen LogP contribution in [0.2, 0.25) is 5.02 Å². The standard InChI is InChI=1S/C27H27ClFN7O2/c1-3-22(17-6-8-18(9-7-17)25(37)30-15-23-32-34-35-33-23)36-26(38)24(19-10-11-21(29)20(28)13-19)31-27(36)12-4-5-16(2)14-27/h4-11,13,16,22H,3,12,14-15H2,1-2H3,(H,30,37)(H,32,33,34,35)/t16?,22-,27?/m1/s1. The van der Waals surface area contributed by atoms with E-state index in [1.165, 1.54) is 12.1 Å². The van der Waals surface area contributed by atoms with Crippen LogP contribution < -0.4 is 5.32 Å². The summed E-state index contributed by atoms with van der Waals surface area (Å²) in [6.07, 6.45) is 6.10. The van der Waals surface area contributed by atoms with Crippen LogP contribution in [0.4, 0.5) is 4.39 Å². The summed E-state index contributed by atoms with van der Waals surface area (Å²) in [5.74, 6) is -0.429. The Hall–Kier alpha value is -3.92. The van der Waals surface area contributed by atoms with Crippen molar-refractivity contribution in [2.45, 2.75) is 51.4 Å². The molecule has 5 rings (SSSR count). The molecule has 3 aromatic rings. The van der Waals surface area contributed by atoms with Crippen molar-refractivity contribution in [3.05, 3.63) is 88.0 Å². The monoisotopic (exact) mass is 535 g/mol. The van der Waals surface area contributed by atoms with Gasteiger partial charge in [-0.25, -0.2) is 4.39 Å². The van der Waals surface area contributed by atoms with Crippen LogP contribution in [0.15, 0.2) is 59.6 Å². The van der Waals surface area contributed by atoms with Crippen molar-refractivity contribution in [1.82, 2.24) is 30.8 Å². The summed E-state index contributed by atoms with van der Waals surface area (Å²) in [6.45, 7) is 4.27. The van der Waals surface area contributed by atoms with E-state index in [1.807, 2.05) is 24.0 Å². The molecule has 2 N–H and O–H groups in total. The van der Waals surface area contributed by atoms with Crippen LogP contribution in [0, 0.1) is 11.7 Å². The molecule has 1 aromatic heterocycles. The molecule has 2 aliphatic rings. The van der Waals surface area contributed by atoms with Crippen molar-refractivity contribution in [2.75, 3.05) is 0 Å². The lowest BCUT2D eigenvalue weighted by molar-refractivity contribution is -0.132. The van der Waals surface area contributed by atoms with Crippen molar-refractivity contribution < 1.29 is 14.0 Å². The lowest BCUT2D eigenvalue weighted by Crippen LogP contribution is -2.50. The topological polar surface area (TPSA) is 116 Å². The van der Waals surface area contributed by atoms with Crippen molar-refractivity contribution >= 4 is 29.1 Å². The summed E-state index contributed by atoms with van der Waals surface area (Å²) in [4.78, 5) is 33.4. The first-order valence-corrected chi connectivity index (χ1v) is 12.8. The van der Waals surface area contributed by atoms with Crippen LogP contribution in [0.5, 0.6) is 0 Å². The molecule has 2 heterocycles. The normalized spacial score (nSPS) is 21.6. The van der Waals surface area contributed by atoms with E-state index in [4.69, 9.17) is 16.6 Å². The molecule has 38 heavy (non-hydrogen) atoms. The van der Waals surface area contributed by atoms with Crippen molar-refractivity contribution in [2.24, 2.45) is 10.9 Å². The number of aliphatic imine (C=N–C) groups is 1. The minimum absolute atomic E-state index is 0.0531. The van der Waals surface area contributed by atoms with Gasteiger partial charge >= 0.3 is 0 Å². The fourth-order valence-corrected chi connectivity index (χ4v) is 5.44. The Morgan fingerprint density at radius 3 is 2.74 bits per heavy atom. The molecule has 1 aliphatic carbocycles. The highest BCUT2D eigenvalue weighted by Gasteiger charge is 2.50. The Kier molecular flexibility index (Phi) is 7.07. The van der Waals surface area contributed by atoms with E-state index in [0.717, 1.165) is 5.56 Å². The maximum atomic E-state index is 14.0. The molecular weight excluding hydrogens is 509 g/mol. The summed E-state index contributed by atoms with van der Waals surface area (Å²) >= 11 is 6.04. The Bertz CT molecular complexity index is 1410. The van der Waals surface area contributed by atoms with E-state index >= 15 is 0 Å². The predicted molar refractivity (Wildman–Crippen MR) is 140 cm³/mol. The SMILES string of the molecule is CC[C@H](c1ccc(C(=O)NCc2nn[nH]n2)cc1)N1C(=O)C(c2ccc(F)c(Cl)c2)=NC12CC=CC(C)C2. The summed E-state index contributed by atoms with van der Waals surface area (Å²) in [5, 5.41) is 16.2. The Morgan fingerprint density at radius 2 is 2.08 bits per heavy atom. The quantitative estimate of drug-likeness (QED) is 0.435. The largest absolute Gasteiger partial charge is 0.345 e. The fraction of sp³-hybridized carbons (Fsp3) is 0.333. The third-order valence-corrected chi connectivity index (χ3v) is 7.28. The predicted octanol–water partition coefficient (Wildman–Crippen LogP) is 4.39. The maximum absolute atomic E-state index is 14.0. The van der Waals surface area contributed by atoms with Crippen LogP contribution >= 0.6 is 11.6 Å². The minimum atomic E-state index is -0.761. The number of allylic oxidation sites excluding steroid dienone is 1. The molecule has 9 nitrogen and oxygen atoms in total. The van der Waals surface area contributed by atoms with Crippen LogP contribution in [0.1, 0.15) is 66.5 Å². The molecule has 3 atom stereocenters. The number of H-pyrrole nitrogens is 1. The minimum Gasteiger partial charge on any atom is -0.345 e. The zero-order valence-corrected chi connectivity index (χ0v) is 21.7. The zero-order chi connectivity index (χ0) is 26.9. The maximum Gasteiger partial charge on any atom is 0.275 e. The van der Waals surface area contributed by atoms with Crippen LogP contribution in [-0.2, 0) is 11.3 Å². The lowest BCUT2D eigenvalue weighted by Gasteiger charge is -2.43. The van der Waals surface area contributed by atoms with Crippen molar-refractivity contribution in [3.8, 4) is 0 Å². The molecule has 0 saturated carbocycles. The smallest absolute Gasteiger partial charge is 0.275 e. The first-order valence-electron chi connectivity index (χ1n) is 12.5. The van der Waals surface area contributed by atoms with Gasteiger partial charge in [0.05, 0.1) is 17.6 Å². The van der Waals surface area contributed by atoms with Gasteiger partial charge in [-0.2, -0.15) is 5.21 Å². The third kappa shape index (κ3) is 4.83. The van der Waals surface area contributed by atoms with Gasteiger partial charge in [0, 0.05) is 17.5 Å². The molecule has 11 heteroatoms. The van der Waals surface area contributed by atoms with Gasteiger partial charge in [-0.1, -0.05) is 54.9 Å². The van der Waals surface area contributed by atoms with E-state index in [0.29, 0.717) is 36.2 Å². The molecular formula is C27H27ClFN7O2. The summed E-state index contributed by atoms with van der Waals surface area (Å²) in [5.41, 5.74) is 1.38. The number of carbonyl (C=O) groups is 2. The van der Waals surface area contributed by atoms with Gasteiger partial charge in [-0.05, 0) is 54.7 Å². The van der Waals surface area contributed by atoms with Gasteiger partial charge in [0.1, 0.15) is 17.2 Å². The van der Waals surface area contributed by atoms with Gasteiger partial charge in [-0.15, -0.1) is 10.2 Å². The molecule has 2 unspecified atom stereocenters. The molecule has 0 fully saturated rings. The molecule has 2 aromatic carbocycles. The molecule has 1 spiro atoms. The molecule has 1 aliphatic heterocycles. The van der Waals surface area contributed by atoms with Gasteiger partial charge < -0.3 is 10.2 Å². The number of carbonyl (C=O) groups excluding carboxylic acids is 2. The highest BCUT2D eigenvalue weighted by Crippen LogP contribution is 2.45. The van der Waals surface area contributed by atoms with Crippen molar-refractivity contribution in [1.29, 1.82) is 0 Å². The Balaban J connectivity index is 1.44. The summed E-state index contributed by atoms with van der Waals surface area (Å²) in [7, 11) is 0. The zero-order valence-electron chi connectivity index (χ0n) is 21.0. The molecule has 196 valence electrons. The van der Waals surface area contributed by atoms with Gasteiger partial charge in [0.25, 0.3) is 11.8 Å². The Morgan fingerprint density at radius 1 is 1.29 bits per heavy atom. The molecule has 0 radical (unpaired) electrons. The number of nitrogens with zero attached hydrogens (tertiary/aromatic N) is 5. The van der Waals surface area contributed by atoms with Gasteiger partial charge in [-0.3, -0.25) is 14.6 Å². The first kappa shape index (κ1) is 25.7. The van der Waals surface area contributed by atoms with Crippen LogP contribution in [0.3, 0.4) is 0 Å².